The number of aromatic nitrogens is 4. The SMILES string of the molecule is CCNC(C)c1ccc(Sc2nnnn2C2CC2)cc1Cl. The second kappa shape index (κ2) is 6.34. The van der Waals surface area contributed by atoms with Crippen LogP contribution in [0.1, 0.15) is 44.3 Å². The highest BCUT2D eigenvalue weighted by molar-refractivity contribution is 7.99. The Labute approximate surface area is 133 Å². The molecule has 3 rings (SSSR count). The monoisotopic (exact) mass is 323 g/mol. The van der Waals surface area contributed by atoms with Crippen molar-refractivity contribution in [3.8, 4) is 0 Å². The Morgan fingerprint density at radius 1 is 1.48 bits per heavy atom. The summed E-state index contributed by atoms with van der Waals surface area (Å²) in [4.78, 5) is 1.06. The second-order valence-corrected chi connectivity index (χ2v) is 6.65. The summed E-state index contributed by atoms with van der Waals surface area (Å²) in [5, 5.41) is 16.9. The van der Waals surface area contributed by atoms with E-state index in [4.69, 9.17) is 11.6 Å². The van der Waals surface area contributed by atoms with E-state index in [1.54, 1.807) is 11.8 Å². The van der Waals surface area contributed by atoms with Crippen molar-refractivity contribution in [2.75, 3.05) is 6.54 Å². The van der Waals surface area contributed by atoms with E-state index in [2.05, 4.69) is 46.8 Å². The molecular weight excluding hydrogens is 306 g/mol. The summed E-state index contributed by atoms with van der Waals surface area (Å²) in [6.07, 6.45) is 2.33. The molecule has 1 aliphatic rings. The maximum atomic E-state index is 6.40. The van der Waals surface area contributed by atoms with Gasteiger partial charge < -0.3 is 5.32 Å². The number of nitrogens with zero attached hydrogens (tertiary/aromatic N) is 4. The molecule has 7 heteroatoms. The first kappa shape index (κ1) is 14.8. The van der Waals surface area contributed by atoms with Crippen LogP contribution in [-0.4, -0.2) is 26.8 Å². The Bertz CT molecular complexity index is 626. The molecular formula is C14H18ClN5S. The van der Waals surface area contributed by atoms with Crippen LogP contribution in [-0.2, 0) is 0 Å². The first-order valence-electron chi connectivity index (χ1n) is 7.17. The lowest BCUT2D eigenvalue weighted by Gasteiger charge is -2.15. The predicted molar refractivity (Wildman–Crippen MR) is 83.8 cm³/mol. The van der Waals surface area contributed by atoms with E-state index in [1.807, 2.05) is 10.7 Å². The van der Waals surface area contributed by atoms with Crippen molar-refractivity contribution in [3.63, 3.8) is 0 Å². The molecule has 112 valence electrons. The van der Waals surface area contributed by atoms with Crippen molar-refractivity contribution in [2.24, 2.45) is 0 Å². The second-order valence-electron chi connectivity index (χ2n) is 5.20. The zero-order valence-corrected chi connectivity index (χ0v) is 13.7. The average molecular weight is 324 g/mol. The molecule has 1 aromatic carbocycles. The number of hydrogen-bond donors (Lipinski definition) is 1. The van der Waals surface area contributed by atoms with Gasteiger partial charge in [-0.05, 0) is 66.2 Å². The topological polar surface area (TPSA) is 55.6 Å². The third-order valence-electron chi connectivity index (χ3n) is 3.51. The van der Waals surface area contributed by atoms with Crippen molar-refractivity contribution in [1.29, 1.82) is 0 Å². The summed E-state index contributed by atoms with van der Waals surface area (Å²) in [5.41, 5.74) is 1.12. The van der Waals surface area contributed by atoms with E-state index >= 15 is 0 Å². The van der Waals surface area contributed by atoms with Crippen LogP contribution in [0.15, 0.2) is 28.3 Å². The smallest absolute Gasteiger partial charge is 0.214 e. The molecule has 1 unspecified atom stereocenters. The van der Waals surface area contributed by atoms with Gasteiger partial charge in [-0.15, -0.1) is 5.10 Å². The number of tetrazole rings is 1. The molecule has 1 saturated carbocycles. The van der Waals surface area contributed by atoms with E-state index in [9.17, 15) is 0 Å². The Hall–Kier alpha value is -1.11. The molecule has 1 heterocycles. The predicted octanol–water partition coefficient (Wildman–Crippen LogP) is 3.48. The van der Waals surface area contributed by atoms with Gasteiger partial charge in [-0.2, -0.15) is 0 Å². The lowest BCUT2D eigenvalue weighted by molar-refractivity contribution is 0.565. The lowest BCUT2D eigenvalue weighted by Crippen LogP contribution is -2.17. The molecule has 0 bridgehead atoms. The largest absolute Gasteiger partial charge is 0.310 e. The number of benzene rings is 1. The third-order valence-corrected chi connectivity index (χ3v) is 4.78. The number of rotatable bonds is 6. The van der Waals surface area contributed by atoms with Crippen LogP contribution in [0.4, 0.5) is 0 Å². The average Bonchev–Trinajstić information content (AvgIpc) is 3.20. The minimum absolute atomic E-state index is 0.248. The molecule has 0 radical (unpaired) electrons. The van der Waals surface area contributed by atoms with Crippen LogP contribution in [0, 0.1) is 0 Å². The molecule has 1 N–H and O–H groups in total. The van der Waals surface area contributed by atoms with Gasteiger partial charge in [0.2, 0.25) is 5.16 Å². The maximum Gasteiger partial charge on any atom is 0.214 e. The molecule has 5 nitrogen and oxygen atoms in total. The van der Waals surface area contributed by atoms with Crippen LogP contribution in [0.5, 0.6) is 0 Å². The van der Waals surface area contributed by atoms with Gasteiger partial charge >= 0.3 is 0 Å². The summed E-state index contributed by atoms with van der Waals surface area (Å²) < 4.78 is 1.91. The third kappa shape index (κ3) is 3.39. The highest BCUT2D eigenvalue weighted by Crippen LogP contribution is 2.38. The van der Waals surface area contributed by atoms with Crippen molar-refractivity contribution in [3.05, 3.63) is 28.8 Å². The van der Waals surface area contributed by atoms with Gasteiger partial charge in [0.1, 0.15) is 0 Å². The molecule has 0 spiro atoms. The van der Waals surface area contributed by atoms with Gasteiger partial charge in [0.05, 0.1) is 6.04 Å². The molecule has 0 aliphatic heterocycles. The van der Waals surface area contributed by atoms with Crippen molar-refractivity contribution >= 4 is 23.4 Å². The summed E-state index contributed by atoms with van der Waals surface area (Å²) in [6.45, 7) is 5.13. The van der Waals surface area contributed by atoms with Gasteiger partial charge in [-0.3, -0.25) is 0 Å². The number of nitrogens with one attached hydrogen (secondary N) is 1. The molecule has 0 saturated heterocycles. The van der Waals surface area contributed by atoms with Crippen LogP contribution < -0.4 is 5.32 Å². The quantitative estimate of drug-likeness (QED) is 0.882. The number of halogens is 1. The van der Waals surface area contributed by atoms with Crippen molar-refractivity contribution < 1.29 is 0 Å². The van der Waals surface area contributed by atoms with E-state index in [0.717, 1.165) is 27.2 Å². The Kier molecular flexibility index (Phi) is 4.47. The zero-order valence-electron chi connectivity index (χ0n) is 12.1. The first-order chi connectivity index (χ1) is 10.2. The van der Waals surface area contributed by atoms with Gasteiger partial charge in [-0.25, -0.2) is 4.68 Å². The van der Waals surface area contributed by atoms with Crippen LogP contribution in [0.25, 0.3) is 0 Å². The molecule has 21 heavy (non-hydrogen) atoms. The van der Waals surface area contributed by atoms with Crippen molar-refractivity contribution in [1.82, 2.24) is 25.5 Å². The standard InChI is InChI=1S/C14H18ClN5S/c1-3-16-9(2)12-7-6-11(8-13(12)15)21-14-17-18-19-20(14)10-4-5-10/h6-10,16H,3-5H2,1-2H3. The van der Waals surface area contributed by atoms with Gasteiger partial charge in [-0.1, -0.05) is 24.6 Å². The molecule has 2 aromatic rings. The summed E-state index contributed by atoms with van der Waals surface area (Å²) in [5.74, 6) is 0. The van der Waals surface area contributed by atoms with Crippen LogP contribution >= 0.6 is 23.4 Å². The Morgan fingerprint density at radius 3 is 2.95 bits per heavy atom. The minimum atomic E-state index is 0.248. The molecule has 0 amide bonds. The highest BCUT2D eigenvalue weighted by atomic mass is 35.5. The van der Waals surface area contributed by atoms with E-state index in [0.29, 0.717) is 6.04 Å². The summed E-state index contributed by atoms with van der Waals surface area (Å²) >= 11 is 7.96. The molecule has 1 aliphatic carbocycles. The zero-order chi connectivity index (χ0) is 14.8. The van der Waals surface area contributed by atoms with Gasteiger partial charge in [0, 0.05) is 16.0 Å². The summed E-state index contributed by atoms with van der Waals surface area (Å²) in [7, 11) is 0. The van der Waals surface area contributed by atoms with Gasteiger partial charge in [0.25, 0.3) is 0 Å². The Balaban J connectivity index is 1.77. The number of hydrogen-bond acceptors (Lipinski definition) is 5. The fourth-order valence-corrected chi connectivity index (χ4v) is 3.53. The fraction of sp³-hybridized carbons (Fsp3) is 0.500. The van der Waals surface area contributed by atoms with E-state index in [-0.39, 0.29) is 6.04 Å². The lowest BCUT2D eigenvalue weighted by atomic mass is 10.1. The first-order valence-corrected chi connectivity index (χ1v) is 8.37. The normalized spacial score (nSPS) is 16.1. The van der Waals surface area contributed by atoms with Crippen LogP contribution in [0.3, 0.4) is 0 Å². The van der Waals surface area contributed by atoms with Crippen LogP contribution in [0.2, 0.25) is 5.02 Å². The van der Waals surface area contributed by atoms with Gasteiger partial charge in [0.15, 0.2) is 0 Å². The molecule has 1 aromatic heterocycles. The van der Waals surface area contributed by atoms with E-state index in [1.165, 1.54) is 12.8 Å². The maximum absolute atomic E-state index is 6.40. The minimum Gasteiger partial charge on any atom is -0.310 e. The summed E-state index contributed by atoms with van der Waals surface area (Å²) in [6, 6.07) is 6.86. The molecule has 1 fully saturated rings. The Morgan fingerprint density at radius 2 is 2.29 bits per heavy atom. The van der Waals surface area contributed by atoms with E-state index < -0.39 is 0 Å². The molecule has 1 atom stereocenters. The fourth-order valence-electron chi connectivity index (χ4n) is 2.24. The van der Waals surface area contributed by atoms with Crippen molar-refractivity contribution in [2.45, 2.75) is 48.8 Å². The highest BCUT2D eigenvalue weighted by Gasteiger charge is 2.28.